The van der Waals surface area contributed by atoms with Gasteiger partial charge in [0, 0.05) is 6.20 Å². The highest BCUT2D eigenvalue weighted by atomic mass is 16.5. The quantitative estimate of drug-likeness (QED) is 0.368. The highest BCUT2D eigenvalue weighted by Gasteiger charge is 2.15. The van der Waals surface area contributed by atoms with Gasteiger partial charge in [0.05, 0.1) is 18.0 Å². The Bertz CT molecular complexity index is 894. The van der Waals surface area contributed by atoms with Crippen molar-refractivity contribution in [2.75, 3.05) is 6.61 Å². The zero-order chi connectivity index (χ0) is 18.5. The van der Waals surface area contributed by atoms with Crippen LogP contribution in [0.5, 0.6) is 5.75 Å². The molecule has 1 aromatic carbocycles. The summed E-state index contributed by atoms with van der Waals surface area (Å²) >= 11 is 0. The zero-order valence-electron chi connectivity index (χ0n) is 15.9. The summed E-state index contributed by atoms with van der Waals surface area (Å²) in [5, 5.41) is 8.93. The van der Waals surface area contributed by atoms with Crippen molar-refractivity contribution >= 4 is 17.2 Å². The van der Waals surface area contributed by atoms with E-state index in [1.807, 2.05) is 40.9 Å². The molecule has 0 saturated heterocycles. The Morgan fingerprint density at radius 1 is 1.12 bits per heavy atom. The third kappa shape index (κ3) is 3.93. The lowest BCUT2D eigenvalue weighted by Crippen LogP contribution is -1.95. The molecule has 0 aliphatic heterocycles. The Morgan fingerprint density at radius 3 is 2.58 bits per heavy atom. The van der Waals surface area contributed by atoms with Crippen LogP contribution in [0.2, 0.25) is 0 Å². The lowest BCUT2D eigenvalue weighted by Gasteiger charge is -2.05. The first-order valence-corrected chi connectivity index (χ1v) is 9.22. The monoisotopic (exact) mass is 350 g/mol. The number of benzene rings is 1. The summed E-state index contributed by atoms with van der Waals surface area (Å²) in [5.41, 5.74) is 3.82. The maximum Gasteiger partial charge on any atom is 0.183 e. The number of hydrogen-bond acceptors (Lipinski definition) is 4. The molecule has 0 atom stereocenters. The second-order valence-electron chi connectivity index (χ2n) is 6.76. The molecule has 3 rings (SSSR count). The van der Waals surface area contributed by atoms with Crippen LogP contribution in [0.3, 0.4) is 0 Å². The summed E-state index contributed by atoms with van der Waals surface area (Å²) in [6, 6.07) is 11.8. The Morgan fingerprint density at radius 2 is 1.88 bits per heavy atom. The Labute approximate surface area is 154 Å². The summed E-state index contributed by atoms with van der Waals surface area (Å²) in [5.74, 6) is 1.94. The zero-order valence-corrected chi connectivity index (χ0v) is 15.9. The van der Waals surface area contributed by atoms with E-state index in [1.54, 1.807) is 0 Å². The standard InChI is InChI=1S/C21H26N4O/c1-5-6-14-26-18-11-9-17(10-12-18)23-24-21-19(15(2)3)22-20-16(4)8-7-13-25(20)21/h7-13,15H,5-6,14H2,1-4H3. The molecule has 0 fully saturated rings. The largest absolute Gasteiger partial charge is 0.494 e. The maximum atomic E-state index is 5.69. The molecule has 136 valence electrons. The van der Waals surface area contributed by atoms with Crippen molar-refractivity contribution < 1.29 is 4.74 Å². The molecule has 0 aliphatic rings. The number of imidazole rings is 1. The van der Waals surface area contributed by atoms with Crippen LogP contribution in [-0.2, 0) is 0 Å². The second-order valence-corrected chi connectivity index (χ2v) is 6.76. The van der Waals surface area contributed by atoms with E-state index in [9.17, 15) is 0 Å². The van der Waals surface area contributed by atoms with Gasteiger partial charge in [0.2, 0.25) is 0 Å². The van der Waals surface area contributed by atoms with Crippen LogP contribution in [0, 0.1) is 6.92 Å². The van der Waals surface area contributed by atoms with Crippen molar-refractivity contribution in [3.63, 3.8) is 0 Å². The van der Waals surface area contributed by atoms with Crippen LogP contribution in [0.4, 0.5) is 11.5 Å². The number of azo groups is 1. The summed E-state index contributed by atoms with van der Waals surface area (Å²) < 4.78 is 7.70. The third-order valence-electron chi connectivity index (χ3n) is 4.26. The second kappa shape index (κ2) is 8.13. The van der Waals surface area contributed by atoms with Crippen LogP contribution in [0.15, 0.2) is 52.8 Å². The molecule has 0 bridgehead atoms. The lowest BCUT2D eigenvalue weighted by atomic mass is 10.1. The van der Waals surface area contributed by atoms with Crippen LogP contribution < -0.4 is 4.74 Å². The maximum absolute atomic E-state index is 5.69. The van der Waals surface area contributed by atoms with Crippen LogP contribution in [0.1, 0.15) is 50.8 Å². The third-order valence-corrected chi connectivity index (χ3v) is 4.26. The van der Waals surface area contributed by atoms with Gasteiger partial charge in [-0.25, -0.2) is 4.98 Å². The minimum absolute atomic E-state index is 0.276. The molecular weight excluding hydrogens is 324 g/mol. The first-order valence-electron chi connectivity index (χ1n) is 9.22. The van der Waals surface area contributed by atoms with Gasteiger partial charge in [0.15, 0.2) is 5.82 Å². The van der Waals surface area contributed by atoms with Crippen LogP contribution in [-0.4, -0.2) is 16.0 Å². The van der Waals surface area contributed by atoms with E-state index in [-0.39, 0.29) is 5.92 Å². The molecule has 0 unspecified atom stereocenters. The molecule has 5 nitrogen and oxygen atoms in total. The number of rotatable bonds is 7. The van der Waals surface area contributed by atoms with E-state index in [4.69, 9.17) is 9.72 Å². The van der Waals surface area contributed by atoms with Gasteiger partial charge in [-0.3, -0.25) is 4.40 Å². The molecule has 5 heteroatoms. The van der Waals surface area contributed by atoms with Gasteiger partial charge in [-0.2, -0.15) is 0 Å². The fraction of sp³-hybridized carbons (Fsp3) is 0.381. The molecule has 0 N–H and O–H groups in total. The average molecular weight is 350 g/mol. The number of pyridine rings is 1. The van der Waals surface area contributed by atoms with Gasteiger partial charge in [-0.15, -0.1) is 10.2 Å². The number of unbranched alkanes of at least 4 members (excludes halogenated alkanes) is 1. The van der Waals surface area contributed by atoms with Crippen molar-refractivity contribution in [1.82, 2.24) is 9.38 Å². The van der Waals surface area contributed by atoms with E-state index in [2.05, 4.69) is 44.0 Å². The minimum Gasteiger partial charge on any atom is -0.494 e. The predicted octanol–water partition coefficient (Wildman–Crippen LogP) is 6.36. The molecule has 0 aliphatic carbocycles. The summed E-state index contributed by atoms with van der Waals surface area (Å²) in [7, 11) is 0. The summed E-state index contributed by atoms with van der Waals surface area (Å²) in [4.78, 5) is 4.77. The van der Waals surface area contributed by atoms with E-state index in [0.29, 0.717) is 0 Å². The number of ether oxygens (including phenoxy) is 1. The van der Waals surface area contributed by atoms with Crippen molar-refractivity contribution in [2.24, 2.45) is 10.2 Å². The van der Waals surface area contributed by atoms with Gasteiger partial charge >= 0.3 is 0 Å². The van der Waals surface area contributed by atoms with Gasteiger partial charge < -0.3 is 4.74 Å². The Balaban J connectivity index is 1.86. The van der Waals surface area contributed by atoms with E-state index < -0.39 is 0 Å². The minimum atomic E-state index is 0.276. The van der Waals surface area contributed by atoms with Gasteiger partial charge in [0.1, 0.15) is 11.4 Å². The van der Waals surface area contributed by atoms with Crippen molar-refractivity contribution in [1.29, 1.82) is 0 Å². The van der Waals surface area contributed by atoms with Crippen molar-refractivity contribution in [3.05, 3.63) is 53.9 Å². The highest BCUT2D eigenvalue weighted by molar-refractivity contribution is 5.57. The SMILES string of the molecule is CCCCOc1ccc(N=Nc2c(C(C)C)nc3c(C)cccn23)cc1. The molecule has 0 radical (unpaired) electrons. The number of aromatic nitrogens is 2. The molecule has 2 aromatic heterocycles. The average Bonchev–Trinajstić information content (AvgIpc) is 3.02. The lowest BCUT2D eigenvalue weighted by molar-refractivity contribution is 0.309. The molecule has 0 saturated carbocycles. The fourth-order valence-corrected chi connectivity index (χ4v) is 2.74. The number of aryl methyl sites for hydroxylation is 1. The van der Waals surface area contributed by atoms with Crippen LogP contribution >= 0.6 is 0 Å². The summed E-state index contributed by atoms with van der Waals surface area (Å²) in [6.07, 6.45) is 4.18. The van der Waals surface area contributed by atoms with E-state index >= 15 is 0 Å². The van der Waals surface area contributed by atoms with Gasteiger partial charge in [-0.1, -0.05) is 33.3 Å². The normalized spacial score (nSPS) is 11.7. The number of nitrogens with zero attached hydrogens (tertiary/aromatic N) is 4. The fourth-order valence-electron chi connectivity index (χ4n) is 2.74. The highest BCUT2D eigenvalue weighted by Crippen LogP contribution is 2.30. The first-order chi connectivity index (χ1) is 12.6. The topological polar surface area (TPSA) is 51.2 Å². The first kappa shape index (κ1) is 18.1. The van der Waals surface area contributed by atoms with E-state index in [1.165, 1.54) is 0 Å². The summed E-state index contributed by atoms with van der Waals surface area (Å²) in [6.45, 7) is 9.21. The smallest absolute Gasteiger partial charge is 0.183 e. The van der Waals surface area contributed by atoms with E-state index in [0.717, 1.165) is 53.6 Å². The predicted molar refractivity (Wildman–Crippen MR) is 105 cm³/mol. The molecule has 0 amide bonds. The Kier molecular flexibility index (Phi) is 5.66. The molecule has 2 heterocycles. The molecule has 0 spiro atoms. The molecule has 26 heavy (non-hydrogen) atoms. The van der Waals surface area contributed by atoms with Crippen LogP contribution in [0.25, 0.3) is 5.65 Å². The van der Waals surface area contributed by atoms with Crippen molar-refractivity contribution in [2.45, 2.75) is 46.5 Å². The Hall–Kier alpha value is -2.69. The number of hydrogen-bond donors (Lipinski definition) is 0. The molecule has 3 aromatic rings. The van der Waals surface area contributed by atoms with Crippen molar-refractivity contribution in [3.8, 4) is 5.75 Å². The van der Waals surface area contributed by atoms with Gasteiger partial charge in [-0.05, 0) is 55.2 Å². The molecular formula is C21H26N4O. The van der Waals surface area contributed by atoms with Gasteiger partial charge in [0.25, 0.3) is 0 Å². The number of fused-ring (bicyclic) bond motifs is 1.